The van der Waals surface area contributed by atoms with Crippen LogP contribution in [0.5, 0.6) is 0 Å². The number of carbonyl (C=O) groups is 1. The third-order valence-electron chi connectivity index (χ3n) is 4.27. The predicted molar refractivity (Wildman–Crippen MR) is 82.7 cm³/mol. The molecule has 0 aliphatic carbocycles. The molecule has 0 aromatic heterocycles. The normalized spacial score (nSPS) is 22.5. The number of para-hydroxylation sites is 1. The van der Waals surface area contributed by atoms with Crippen LogP contribution in [0.15, 0.2) is 30.3 Å². The smallest absolute Gasteiger partial charge is 0.240 e. The van der Waals surface area contributed by atoms with Crippen molar-refractivity contribution < 1.29 is 4.79 Å². The average molecular weight is 275 g/mol. The minimum atomic E-state index is 0.0733. The van der Waals surface area contributed by atoms with E-state index in [0.29, 0.717) is 6.54 Å². The molecule has 4 heteroatoms. The van der Waals surface area contributed by atoms with Crippen LogP contribution in [-0.4, -0.2) is 43.5 Å². The van der Waals surface area contributed by atoms with E-state index >= 15 is 0 Å². The molecule has 0 spiro atoms. The molecule has 0 bridgehead atoms. The fourth-order valence-corrected chi connectivity index (χ4v) is 2.71. The van der Waals surface area contributed by atoms with Gasteiger partial charge in [-0.2, -0.15) is 0 Å². The van der Waals surface area contributed by atoms with Crippen molar-refractivity contribution >= 4 is 11.6 Å². The Morgan fingerprint density at radius 3 is 2.65 bits per heavy atom. The molecule has 1 amide bonds. The maximum absolute atomic E-state index is 12.4. The summed E-state index contributed by atoms with van der Waals surface area (Å²) in [5.74, 6) is 0.127. The summed E-state index contributed by atoms with van der Waals surface area (Å²) >= 11 is 0. The van der Waals surface area contributed by atoms with Crippen LogP contribution >= 0.6 is 0 Å². The van der Waals surface area contributed by atoms with Crippen LogP contribution in [0.3, 0.4) is 0 Å². The fourth-order valence-electron chi connectivity index (χ4n) is 2.71. The van der Waals surface area contributed by atoms with Crippen LogP contribution in [-0.2, 0) is 4.79 Å². The summed E-state index contributed by atoms with van der Waals surface area (Å²) in [7, 11) is 1.83. The monoisotopic (exact) mass is 275 g/mol. The van der Waals surface area contributed by atoms with Gasteiger partial charge in [0.2, 0.25) is 5.91 Å². The van der Waals surface area contributed by atoms with E-state index < -0.39 is 0 Å². The van der Waals surface area contributed by atoms with E-state index in [1.54, 1.807) is 4.90 Å². The average Bonchev–Trinajstić information content (AvgIpc) is 2.42. The Hall–Kier alpha value is -1.39. The van der Waals surface area contributed by atoms with Crippen molar-refractivity contribution in [2.24, 2.45) is 11.1 Å². The van der Waals surface area contributed by atoms with Crippen LogP contribution in [0.4, 0.5) is 5.69 Å². The maximum atomic E-state index is 12.4. The van der Waals surface area contributed by atoms with E-state index in [-0.39, 0.29) is 17.4 Å². The molecule has 1 aromatic carbocycles. The molecule has 2 N–H and O–H groups in total. The van der Waals surface area contributed by atoms with E-state index in [1.807, 2.05) is 37.4 Å². The summed E-state index contributed by atoms with van der Waals surface area (Å²) < 4.78 is 0. The molecule has 0 saturated carbocycles. The number of hydrogen-bond acceptors (Lipinski definition) is 3. The van der Waals surface area contributed by atoms with Crippen molar-refractivity contribution in [1.82, 2.24) is 4.90 Å². The molecular weight excluding hydrogens is 250 g/mol. The molecule has 1 aliphatic rings. The standard InChI is InChI=1S/C16H25N3O/c1-16(2)12-19(10-9-14(16)17)11-15(20)18(3)13-7-5-4-6-8-13/h4-8,14H,9-12,17H2,1-3H3. The first-order chi connectivity index (χ1) is 9.40. The predicted octanol–water partition coefficient (Wildman–Crippen LogP) is 1.71. The van der Waals surface area contributed by atoms with E-state index in [4.69, 9.17) is 5.73 Å². The number of rotatable bonds is 3. The van der Waals surface area contributed by atoms with Crippen molar-refractivity contribution in [2.45, 2.75) is 26.3 Å². The second-order valence-corrected chi connectivity index (χ2v) is 6.38. The van der Waals surface area contributed by atoms with Gasteiger partial charge in [-0.25, -0.2) is 0 Å². The van der Waals surface area contributed by atoms with E-state index in [2.05, 4.69) is 18.7 Å². The summed E-state index contributed by atoms with van der Waals surface area (Å²) in [5, 5.41) is 0. The second-order valence-electron chi connectivity index (χ2n) is 6.38. The molecule has 20 heavy (non-hydrogen) atoms. The lowest BCUT2D eigenvalue weighted by molar-refractivity contribution is -0.120. The highest BCUT2D eigenvalue weighted by molar-refractivity contribution is 5.94. The molecule has 1 saturated heterocycles. The van der Waals surface area contributed by atoms with E-state index in [1.165, 1.54) is 0 Å². The minimum Gasteiger partial charge on any atom is -0.327 e. The van der Waals surface area contributed by atoms with Gasteiger partial charge in [0.25, 0.3) is 0 Å². The van der Waals surface area contributed by atoms with E-state index in [9.17, 15) is 4.79 Å². The van der Waals surface area contributed by atoms with Gasteiger partial charge in [0.1, 0.15) is 0 Å². The van der Waals surface area contributed by atoms with Crippen molar-refractivity contribution in [3.8, 4) is 0 Å². The molecule has 110 valence electrons. The number of benzene rings is 1. The van der Waals surface area contributed by atoms with Gasteiger partial charge in [0, 0.05) is 31.9 Å². The van der Waals surface area contributed by atoms with Gasteiger partial charge in [0.15, 0.2) is 0 Å². The molecule has 1 aliphatic heterocycles. The topological polar surface area (TPSA) is 49.6 Å². The van der Waals surface area contributed by atoms with Gasteiger partial charge in [0.05, 0.1) is 6.54 Å². The summed E-state index contributed by atoms with van der Waals surface area (Å²) in [5.41, 5.74) is 7.14. The van der Waals surface area contributed by atoms with Crippen LogP contribution in [0, 0.1) is 5.41 Å². The van der Waals surface area contributed by atoms with Gasteiger partial charge < -0.3 is 10.6 Å². The highest BCUT2D eigenvalue weighted by Crippen LogP contribution is 2.27. The van der Waals surface area contributed by atoms with Crippen LogP contribution in [0.2, 0.25) is 0 Å². The van der Waals surface area contributed by atoms with E-state index in [0.717, 1.165) is 25.2 Å². The van der Waals surface area contributed by atoms with Crippen molar-refractivity contribution in [2.75, 3.05) is 31.6 Å². The Kier molecular flexibility index (Phi) is 4.45. The first-order valence-electron chi connectivity index (χ1n) is 7.20. The third-order valence-corrected chi connectivity index (χ3v) is 4.27. The molecule has 2 rings (SSSR count). The third kappa shape index (κ3) is 3.38. The lowest BCUT2D eigenvalue weighted by Crippen LogP contribution is -2.54. The maximum Gasteiger partial charge on any atom is 0.240 e. The number of anilines is 1. The van der Waals surface area contributed by atoms with Gasteiger partial charge in [-0.05, 0) is 24.0 Å². The van der Waals surface area contributed by atoms with Crippen LogP contribution in [0.25, 0.3) is 0 Å². The molecule has 1 fully saturated rings. The Bertz CT molecular complexity index is 458. The number of carbonyl (C=O) groups excluding carboxylic acids is 1. The van der Waals surface area contributed by atoms with Gasteiger partial charge in [-0.3, -0.25) is 9.69 Å². The Morgan fingerprint density at radius 2 is 2.05 bits per heavy atom. The summed E-state index contributed by atoms with van der Waals surface area (Å²) in [6.45, 7) is 6.59. The number of likely N-dealkylation sites (tertiary alicyclic amines) is 1. The number of nitrogens with zero attached hydrogens (tertiary/aromatic N) is 2. The Balaban J connectivity index is 1.95. The molecule has 4 nitrogen and oxygen atoms in total. The lowest BCUT2D eigenvalue weighted by Gasteiger charge is -2.42. The number of amides is 1. The molecule has 1 aromatic rings. The van der Waals surface area contributed by atoms with Gasteiger partial charge in [-0.1, -0.05) is 32.0 Å². The molecule has 1 unspecified atom stereocenters. The first-order valence-corrected chi connectivity index (χ1v) is 7.20. The highest BCUT2D eigenvalue weighted by Gasteiger charge is 2.34. The SMILES string of the molecule is CN(C(=O)CN1CCC(N)C(C)(C)C1)c1ccccc1. The van der Waals surface area contributed by atoms with Crippen molar-refractivity contribution in [1.29, 1.82) is 0 Å². The molecule has 1 atom stereocenters. The lowest BCUT2D eigenvalue weighted by atomic mass is 9.80. The highest BCUT2D eigenvalue weighted by atomic mass is 16.2. The zero-order chi connectivity index (χ0) is 14.8. The number of nitrogens with two attached hydrogens (primary N) is 1. The van der Waals surface area contributed by atoms with Crippen molar-refractivity contribution in [3.05, 3.63) is 30.3 Å². The number of likely N-dealkylation sites (N-methyl/N-ethyl adjacent to an activating group) is 1. The minimum absolute atomic E-state index is 0.0733. The zero-order valence-electron chi connectivity index (χ0n) is 12.7. The zero-order valence-corrected chi connectivity index (χ0v) is 12.7. The van der Waals surface area contributed by atoms with Gasteiger partial charge in [-0.15, -0.1) is 0 Å². The molecule has 0 radical (unpaired) electrons. The largest absolute Gasteiger partial charge is 0.327 e. The molecular formula is C16H25N3O. The molecule has 1 heterocycles. The number of piperidine rings is 1. The quantitative estimate of drug-likeness (QED) is 0.913. The summed E-state index contributed by atoms with van der Waals surface area (Å²) in [4.78, 5) is 16.3. The van der Waals surface area contributed by atoms with Crippen LogP contribution in [0.1, 0.15) is 20.3 Å². The van der Waals surface area contributed by atoms with Crippen LogP contribution < -0.4 is 10.6 Å². The second kappa shape index (κ2) is 5.94. The number of hydrogen-bond donors (Lipinski definition) is 1. The fraction of sp³-hybridized carbons (Fsp3) is 0.562. The van der Waals surface area contributed by atoms with Crippen molar-refractivity contribution in [3.63, 3.8) is 0 Å². The Morgan fingerprint density at radius 1 is 1.40 bits per heavy atom. The Labute approximate surface area is 121 Å². The summed E-state index contributed by atoms with van der Waals surface area (Å²) in [6, 6.07) is 9.98. The summed E-state index contributed by atoms with van der Waals surface area (Å²) in [6.07, 6.45) is 0.954. The first kappa shape index (κ1) is 15.0. The van der Waals surface area contributed by atoms with Gasteiger partial charge >= 0.3 is 0 Å².